The minimum atomic E-state index is -0.823. The molecule has 0 bridgehead atoms. The third-order valence-corrected chi connectivity index (χ3v) is 3.30. The van der Waals surface area contributed by atoms with Gasteiger partial charge in [-0.1, -0.05) is 30.3 Å². The van der Waals surface area contributed by atoms with Crippen molar-refractivity contribution < 1.29 is 19.4 Å². The SMILES string of the molecule is CN(CC(O)COCc1ccccc1)C(=O)c1cccc[n+]1[O-]. The van der Waals surface area contributed by atoms with Gasteiger partial charge in [-0.2, -0.15) is 4.73 Å². The quantitative estimate of drug-likeness (QED) is 0.610. The van der Waals surface area contributed by atoms with E-state index in [9.17, 15) is 15.1 Å². The Morgan fingerprint density at radius 3 is 2.65 bits per heavy atom. The third kappa shape index (κ3) is 5.05. The fourth-order valence-corrected chi connectivity index (χ4v) is 2.13. The molecule has 0 saturated heterocycles. The van der Waals surface area contributed by atoms with E-state index in [1.165, 1.54) is 24.2 Å². The Hall–Kier alpha value is -2.44. The van der Waals surface area contributed by atoms with Gasteiger partial charge in [0, 0.05) is 25.7 Å². The van der Waals surface area contributed by atoms with Gasteiger partial charge in [-0.15, -0.1) is 0 Å². The molecule has 1 heterocycles. The third-order valence-electron chi connectivity index (χ3n) is 3.30. The molecule has 0 radical (unpaired) electrons. The first-order chi connectivity index (χ1) is 11.1. The highest BCUT2D eigenvalue weighted by atomic mass is 16.5. The lowest BCUT2D eigenvalue weighted by molar-refractivity contribution is -0.608. The van der Waals surface area contributed by atoms with Gasteiger partial charge in [-0.3, -0.25) is 4.79 Å². The zero-order valence-corrected chi connectivity index (χ0v) is 13.0. The highest BCUT2D eigenvalue weighted by molar-refractivity contribution is 5.90. The number of hydrogen-bond donors (Lipinski definition) is 1. The maximum Gasteiger partial charge on any atom is 0.319 e. The van der Waals surface area contributed by atoms with Crippen LogP contribution in [-0.4, -0.2) is 42.2 Å². The van der Waals surface area contributed by atoms with Gasteiger partial charge in [0.25, 0.3) is 5.69 Å². The second kappa shape index (κ2) is 8.26. The van der Waals surface area contributed by atoms with Crippen LogP contribution >= 0.6 is 0 Å². The molecule has 0 spiro atoms. The van der Waals surface area contributed by atoms with E-state index in [2.05, 4.69) is 0 Å². The Kier molecular flexibility index (Phi) is 6.08. The van der Waals surface area contributed by atoms with Crippen LogP contribution in [0, 0.1) is 5.21 Å². The lowest BCUT2D eigenvalue weighted by atomic mass is 10.2. The zero-order chi connectivity index (χ0) is 16.7. The Balaban J connectivity index is 1.79. The van der Waals surface area contributed by atoms with Crippen LogP contribution < -0.4 is 4.73 Å². The van der Waals surface area contributed by atoms with E-state index in [0.29, 0.717) is 11.3 Å². The summed E-state index contributed by atoms with van der Waals surface area (Å²) < 4.78 is 5.95. The van der Waals surface area contributed by atoms with Crippen molar-refractivity contribution in [2.75, 3.05) is 20.2 Å². The van der Waals surface area contributed by atoms with Crippen LogP contribution in [0.1, 0.15) is 16.1 Å². The van der Waals surface area contributed by atoms with Crippen molar-refractivity contribution in [3.05, 3.63) is 71.2 Å². The average Bonchev–Trinajstić information content (AvgIpc) is 2.55. The molecular formula is C17H20N2O4. The van der Waals surface area contributed by atoms with E-state index in [1.807, 2.05) is 30.3 Å². The summed E-state index contributed by atoms with van der Waals surface area (Å²) in [7, 11) is 1.54. The number of nitrogens with zero attached hydrogens (tertiary/aromatic N) is 2. The summed E-state index contributed by atoms with van der Waals surface area (Å²) in [6, 6.07) is 14.2. The van der Waals surface area contributed by atoms with E-state index in [1.54, 1.807) is 12.1 Å². The Labute approximate surface area is 135 Å². The minimum absolute atomic E-state index is 0.0207. The number of aromatic nitrogens is 1. The summed E-state index contributed by atoms with van der Waals surface area (Å²) >= 11 is 0. The molecule has 0 aliphatic carbocycles. The molecule has 1 amide bonds. The first-order valence-corrected chi connectivity index (χ1v) is 7.31. The summed E-state index contributed by atoms with van der Waals surface area (Å²) in [5.41, 5.74) is 1.04. The topological polar surface area (TPSA) is 76.7 Å². The predicted octanol–water partition coefficient (Wildman–Crippen LogP) is 0.970. The molecule has 1 N–H and O–H groups in total. The van der Waals surface area contributed by atoms with Crippen molar-refractivity contribution in [3.63, 3.8) is 0 Å². The number of amides is 1. The zero-order valence-electron chi connectivity index (χ0n) is 13.0. The van der Waals surface area contributed by atoms with Crippen molar-refractivity contribution >= 4 is 5.91 Å². The maximum atomic E-state index is 12.1. The standard InChI is InChI=1S/C17H20N2O4/c1-18(17(21)16-9-5-6-10-19(16)22)11-15(20)13-23-12-14-7-3-2-4-8-14/h2-10,15,20H,11-13H2,1H3. The number of carbonyl (C=O) groups is 1. The molecule has 2 aromatic rings. The van der Waals surface area contributed by atoms with Crippen molar-refractivity contribution in [1.29, 1.82) is 0 Å². The highest BCUT2D eigenvalue weighted by Crippen LogP contribution is 2.03. The van der Waals surface area contributed by atoms with E-state index in [-0.39, 0.29) is 18.8 Å². The second-order valence-corrected chi connectivity index (χ2v) is 5.25. The molecule has 122 valence electrons. The number of aliphatic hydroxyl groups is 1. The number of rotatable bonds is 7. The van der Waals surface area contributed by atoms with Gasteiger partial charge in [0.1, 0.15) is 0 Å². The number of hydrogen-bond acceptors (Lipinski definition) is 4. The number of pyridine rings is 1. The molecule has 6 heteroatoms. The molecular weight excluding hydrogens is 296 g/mol. The van der Waals surface area contributed by atoms with E-state index < -0.39 is 12.0 Å². The lowest BCUT2D eigenvalue weighted by Crippen LogP contribution is -2.43. The number of likely N-dealkylation sites (N-methyl/N-ethyl adjacent to an activating group) is 1. The first-order valence-electron chi connectivity index (χ1n) is 7.31. The van der Waals surface area contributed by atoms with E-state index >= 15 is 0 Å². The average molecular weight is 316 g/mol. The van der Waals surface area contributed by atoms with Crippen LogP contribution in [0.15, 0.2) is 54.7 Å². The fraction of sp³-hybridized carbons (Fsp3) is 0.294. The largest absolute Gasteiger partial charge is 0.618 e. The van der Waals surface area contributed by atoms with Crippen molar-refractivity contribution in [3.8, 4) is 0 Å². The van der Waals surface area contributed by atoms with Crippen molar-refractivity contribution in [2.24, 2.45) is 0 Å². The van der Waals surface area contributed by atoms with Gasteiger partial charge < -0.3 is 20.0 Å². The Morgan fingerprint density at radius 1 is 1.26 bits per heavy atom. The molecule has 6 nitrogen and oxygen atoms in total. The molecule has 1 aromatic carbocycles. The number of aliphatic hydroxyl groups excluding tert-OH is 1. The van der Waals surface area contributed by atoms with Gasteiger partial charge in [-0.05, 0) is 11.6 Å². The summed E-state index contributed by atoms with van der Waals surface area (Å²) in [5, 5.41) is 21.5. The molecule has 1 unspecified atom stereocenters. The number of ether oxygens (including phenoxy) is 1. The first kappa shape index (κ1) is 16.9. The lowest BCUT2D eigenvalue weighted by Gasteiger charge is -2.20. The molecule has 0 saturated carbocycles. The molecule has 23 heavy (non-hydrogen) atoms. The summed E-state index contributed by atoms with van der Waals surface area (Å²) in [4.78, 5) is 13.5. The van der Waals surface area contributed by atoms with E-state index in [4.69, 9.17) is 4.74 Å². The minimum Gasteiger partial charge on any atom is -0.618 e. The van der Waals surface area contributed by atoms with Crippen LogP contribution in [0.2, 0.25) is 0 Å². The summed E-state index contributed by atoms with van der Waals surface area (Å²) in [6.07, 6.45) is 0.442. The summed E-state index contributed by atoms with van der Waals surface area (Å²) in [6.45, 7) is 0.593. The maximum absolute atomic E-state index is 12.1. The molecule has 0 aliphatic rings. The van der Waals surface area contributed by atoms with Crippen LogP contribution in [-0.2, 0) is 11.3 Å². The molecule has 1 aromatic heterocycles. The normalized spacial score (nSPS) is 11.9. The molecule has 0 fully saturated rings. The predicted molar refractivity (Wildman–Crippen MR) is 84.5 cm³/mol. The number of carbonyl (C=O) groups excluding carboxylic acids is 1. The second-order valence-electron chi connectivity index (χ2n) is 5.25. The highest BCUT2D eigenvalue weighted by Gasteiger charge is 2.21. The number of benzene rings is 1. The van der Waals surface area contributed by atoms with Crippen molar-refractivity contribution in [2.45, 2.75) is 12.7 Å². The van der Waals surface area contributed by atoms with Crippen LogP contribution in [0.3, 0.4) is 0 Å². The van der Waals surface area contributed by atoms with Gasteiger partial charge in [-0.25, -0.2) is 0 Å². The molecule has 0 aliphatic heterocycles. The van der Waals surface area contributed by atoms with Gasteiger partial charge in [0.15, 0.2) is 6.20 Å². The van der Waals surface area contributed by atoms with Crippen LogP contribution in [0.5, 0.6) is 0 Å². The Morgan fingerprint density at radius 2 is 1.96 bits per heavy atom. The monoisotopic (exact) mass is 316 g/mol. The van der Waals surface area contributed by atoms with Crippen LogP contribution in [0.4, 0.5) is 0 Å². The van der Waals surface area contributed by atoms with Crippen LogP contribution in [0.25, 0.3) is 0 Å². The van der Waals surface area contributed by atoms with Gasteiger partial charge in [0.05, 0.1) is 19.3 Å². The van der Waals surface area contributed by atoms with E-state index in [0.717, 1.165) is 5.56 Å². The molecule has 1 atom stereocenters. The smallest absolute Gasteiger partial charge is 0.319 e. The van der Waals surface area contributed by atoms with Gasteiger partial charge in [0.2, 0.25) is 0 Å². The Bertz CT molecular complexity index is 634. The fourth-order valence-electron chi connectivity index (χ4n) is 2.13. The van der Waals surface area contributed by atoms with Gasteiger partial charge >= 0.3 is 5.91 Å². The molecule has 2 rings (SSSR count). The summed E-state index contributed by atoms with van der Waals surface area (Å²) in [5.74, 6) is -0.442. The van der Waals surface area contributed by atoms with Crippen molar-refractivity contribution in [1.82, 2.24) is 4.90 Å².